The van der Waals surface area contributed by atoms with E-state index in [9.17, 15) is 9.65 Å². The van der Waals surface area contributed by atoms with Crippen molar-refractivity contribution in [1.29, 1.82) is 5.26 Å². The van der Waals surface area contributed by atoms with Crippen LogP contribution in [0.5, 0.6) is 5.75 Å². The minimum absolute atomic E-state index is 0.253. The highest BCUT2D eigenvalue weighted by molar-refractivity contribution is 5.76. The Morgan fingerprint density at radius 3 is 2.58 bits per heavy atom. The van der Waals surface area contributed by atoms with E-state index in [1.54, 1.807) is 43.6 Å². The molecule has 5 aromatic rings. The van der Waals surface area contributed by atoms with E-state index in [-0.39, 0.29) is 11.4 Å². The number of ether oxygens (including phenoxy) is 1. The van der Waals surface area contributed by atoms with Gasteiger partial charge in [0.2, 0.25) is 0 Å². The van der Waals surface area contributed by atoms with E-state index in [2.05, 4.69) is 42.0 Å². The molecule has 162 valence electrons. The zero-order valence-electron chi connectivity index (χ0n) is 17.1. The van der Waals surface area contributed by atoms with Gasteiger partial charge in [-0.2, -0.15) is 9.78 Å². The highest BCUT2D eigenvalue weighted by atomic mass is 19.1. The van der Waals surface area contributed by atoms with Crippen molar-refractivity contribution in [1.82, 2.24) is 34.3 Å². The van der Waals surface area contributed by atoms with Gasteiger partial charge in [-0.25, -0.2) is 14.4 Å². The number of nitriles is 1. The SMILES string of the molecule is COc1ccc(Nc2cc(Nc3ccc(F)c(-n4cnnc4)c3)nn3c(C#N)cnc23)nc1. The molecule has 0 saturated carbocycles. The van der Waals surface area contributed by atoms with Gasteiger partial charge < -0.3 is 15.4 Å². The van der Waals surface area contributed by atoms with Gasteiger partial charge in [0.15, 0.2) is 17.2 Å². The van der Waals surface area contributed by atoms with Crippen molar-refractivity contribution in [2.45, 2.75) is 0 Å². The molecule has 2 N–H and O–H groups in total. The maximum atomic E-state index is 14.3. The average molecular weight is 442 g/mol. The fourth-order valence-corrected chi connectivity index (χ4v) is 3.17. The maximum absolute atomic E-state index is 14.3. The van der Waals surface area contributed by atoms with E-state index in [4.69, 9.17) is 4.74 Å². The monoisotopic (exact) mass is 442 g/mol. The first kappa shape index (κ1) is 19.9. The van der Waals surface area contributed by atoms with Crippen molar-refractivity contribution < 1.29 is 9.13 Å². The molecule has 0 atom stereocenters. The maximum Gasteiger partial charge on any atom is 0.179 e. The van der Waals surface area contributed by atoms with Crippen molar-refractivity contribution in [2.24, 2.45) is 0 Å². The molecule has 0 spiro atoms. The first-order chi connectivity index (χ1) is 16.1. The Labute approximate surface area is 186 Å². The van der Waals surface area contributed by atoms with Crippen LogP contribution >= 0.6 is 0 Å². The van der Waals surface area contributed by atoms with Gasteiger partial charge in [0.25, 0.3) is 0 Å². The molecule has 0 aliphatic rings. The number of nitrogens with one attached hydrogen (secondary N) is 2. The summed E-state index contributed by atoms with van der Waals surface area (Å²) in [5.41, 5.74) is 2.10. The molecule has 0 aliphatic carbocycles. The van der Waals surface area contributed by atoms with Crippen LogP contribution in [0.3, 0.4) is 0 Å². The number of fused-ring (bicyclic) bond motifs is 1. The Balaban J connectivity index is 1.53. The molecule has 0 radical (unpaired) electrons. The van der Waals surface area contributed by atoms with Gasteiger partial charge in [-0.1, -0.05) is 0 Å². The third-order valence-electron chi connectivity index (χ3n) is 4.73. The standard InChI is InChI=1S/C21H15FN10O/c1-33-15-3-5-19(24-10-15)29-17-7-20(30-32-14(8-23)9-25-21(17)32)28-13-2-4-16(22)18(6-13)31-11-26-27-12-31/h2-7,9-12H,1H3,(H,24,29)(H,28,30). The quantitative estimate of drug-likeness (QED) is 0.407. The fraction of sp³-hybridized carbons (Fsp3) is 0.0476. The first-order valence-electron chi connectivity index (χ1n) is 9.62. The van der Waals surface area contributed by atoms with Crippen molar-refractivity contribution >= 4 is 28.7 Å². The summed E-state index contributed by atoms with van der Waals surface area (Å²) < 4.78 is 22.3. The van der Waals surface area contributed by atoms with Crippen molar-refractivity contribution in [3.8, 4) is 17.5 Å². The lowest BCUT2D eigenvalue weighted by atomic mass is 10.2. The summed E-state index contributed by atoms with van der Waals surface area (Å²) in [4.78, 5) is 8.60. The number of hydrogen-bond donors (Lipinski definition) is 2. The number of nitrogens with zero attached hydrogens (tertiary/aromatic N) is 8. The lowest BCUT2D eigenvalue weighted by molar-refractivity contribution is 0.413. The minimum Gasteiger partial charge on any atom is -0.495 e. The molecule has 0 saturated heterocycles. The normalized spacial score (nSPS) is 10.7. The van der Waals surface area contributed by atoms with Crippen LogP contribution in [0.15, 0.2) is 61.4 Å². The highest BCUT2D eigenvalue weighted by Gasteiger charge is 2.14. The minimum atomic E-state index is -0.432. The number of imidazole rings is 1. The van der Waals surface area contributed by atoms with Gasteiger partial charge in [-0.05, 0) is 30.3 Å². The predicted octanol–water partition coefficient (Wildman–Crippen LogP) is 3.21. The molecule has 4 aromatic heterocycles. The molecule has 0 bridgehead atoms. The number of hydrogen-bond acceptors (Lipinski definition) is 9. The van der Waals surface area contributed by atoms with Gasteiger partial charge in [0.1, 0.15) is 36.1 Å². The number of benzene rings is 1. The molecule has 33 heavy (non-hydrogen) atoms. The fourth-order valence-electron chi connectivity index (χ4n) is 3.17. The van der Waals surface area contributed by atoms with Crippen LogP contribution in [0.1, 0.15) is 5.69 Å². The van der Waals surface area contributed by atoms with Crippen LogP contribution in [0.25, 0.3) is 11.3 Å². The van der Waals surface area contributed by atoms with E-state index in [0.717, 1.165) is 0 Å². The highest BCUT2D eigenvalue weighted by Crippen LogP contribution is 2.27. The Morgan fingerprint density at radius 1 is 1.00 bits per heavy atom. The molecule has 4 heterocycles. The Kier molecular flexibility index (Phi) is 4.96. The second-order valence-corrected chi connectivity index (χ2v) is 6.80. The van der Waals surface area contributed by atoms with Crippen LogP contribution in [0.2, 0.25) is 0 Å². The lowest BCUT2D eigenvalue weighted by Crippen LogP contribution is -2.05. The van der Waals surface area contributed by atoms with Gasteiger partial charge in [0.05, 0.1) is 30.9 Å². The predicted molar refractivity (Wildman–Crippen MR) is 116 cm³/mol. The van der Waals surface area contributed by atoms with Crippen LogP contribution in [-0.2, 0) is 0 Å². The van der Waals surface area contributed by atoms with E-state index in [1.165, 1.54) is 34.0 Å². The third-order valence-corrected chi connectivity index (χ3v) is 4.73. The summed E-state index contributed by atoms with van der Waals surface area (Å²) in [5.74, 6) is 1.14. The molecule has 11 nitrogen and oxygen atoms in total. The zero-order chi connectivity index (χ0) is 22.8. The summed E-state index contributed by atoms with van der Waals surface area (Å²) in [6.07, 6.45) is 5.82. The summed E-state index contributed by atoms with van der Waals surface area (Å²) in [6, 6.07) is 11.8. The number of methoxy groups -OCH3 is 1. The number of aromatic nitrogens is 7. The third kappa shape index (κ3) is 3.86. The van der Waals surface area contributed by atoms with E-state index in [1.807, 2.05) is 0 Å². The lowest BCUT2D eigenvalue weighted by Gasteiger charge is -2.12. The number of rotatable bonds is 6. The molecule has 0 aliphatic heterocycles. The summed E-state index contributed by atoms with van der Waals surface area (Å²) in [6.45, 7) is 0. The van der Waals surface area contributed by atoms with E-state index in [0.29, 0.717) is 34.4 Å². The van der Waals surface area contributed by atoms with Crippen molar-refractivity contribution in [3.05, 3.63) is 73.0 Å². The van der Waals surface area contributed by atoms with Crippen LogP contribution in [0.4, 0.5) is 27.4 Å². The van der Waals surface area contributed by atoms with E-state index < -0.39 is 5.82 Å². The number of pyridine rings is 1. The average Bonchev–Trinajstić information content (AvgIpc) is 3.51. The molecule has 5 rings (SSSR count). The summed E-state index contributed by atoms with van der Waals surface area (Å²) in [7, 11) is 1.56. The molecule has 1 aromatic carbocycles. The topological polar surface area (TPSA) is 131 Å². The Hall–Kier alpha value is -5.05. The van der Waals surface area contributed by atoms with Crippen LogP contribution in [0, 0.1) is 17.1 Å². The second kappa shape index (κ2) is 8.23. The molecule has 12 heteroatoms. The molecular weight excluding hydrogens is 427 g/mol. The van der Waals surface area contributed by atoms with Crippen LogP contribution < -0.4 is 15.4 Å². The summed E-state index contributed by atoms with van der Waals surface area (Å²) in [5, 5.41) is 27.7. The Morgan fingerprint density at radius 2 is 1.85 bits per heavy atom. The molecule has 0 amide bonds. The Bertz CT molecular complexity index is 1470. The number of halogens is 1. The van der Waals surface area contributed by atoms with Gasteiger partial charge >= 0.3 is 0 Å². The summed E-state index contributed by atoms with van der Waals surface area (Å²) >= 11 is 0. The number of anilines is 4. The van der Waals surface area contributed by atoms with Crippen molar-refractivity contribution in [2.75, 3.05) is 17.7 Å². The van der Waals surface area contributed by atoms with Gasteiger partial charge in [0, 0.05) is 11.8 Å². The molecule has 0 fully saturated rings. The van der Waals surface area contributed by atoms with E-state index >= 15 is 0 Å². The first-order valence-corrected chi connectivity index (χ1v) is 9.62. The smallest absolute Gasteiger partial charge is 0.179 e. The largest absolute Gasteiger partial charge is 0.495 e. The molecule has 0 unspecified atom stereocenters. The van der Waals surface area contributed by atoms with Gasteiger partial charge in [-0.15, -0.1) is 15.3 Å². The molecular formula is C21H15FN10O. The second-order valence-electron chi connectivity index (χ2n) is 6.80. The van der Waals surface area contributed by atoms with Crippen molar-refractivity contribution in [3.63, 3.8) is 0 Å². The van der Waals surface area contributed by atoms with Gasteiger partial charge in [-0.3, -0.25) is 4.57 Å². The zero-order valence-corrected chi connectivity index (χ0v) is 17.1. The van der Waals surface area contributed by atoms with Crippen LogP contribution in [-0.4, -0.2) is 41.5 Å².